The van der Waals surface area contributed by atoms with Gasteiger partial charge >= 0.3 is 12.0 Å². The molecule has 0 aliphatic carbocycles. The van der Waals surface area contributed by atoms with E-state index in [1.807, 2.05) is 0 Å². The van der Waals surface area contributed by atoms with Gasteiger partial charge in [-0.2, -0.15) is 17.6 Å². The molecular formula is C6H10F4N2O. The number of hydrogen-bond acceptors (Lipinski definition) is 3. The van der Waals surface area contributed by atoms with Crippen molar-refractivity contribution >= 4 is 0 Å². The summed E-state index contributed by atoms with van der Waals surface area (Å²) in [5.41, 5.74) is 0.401. The number of nitrogens with one attached hydrogen (secondary N) is 1. The molecule has 0 aliphatic rings. The molecule has 0 aromatic heterocycles. The lowest BCUT2D eigenvalue weighted by atomic mass is 10.2. The predicted octanol–water partition coefficient (Wildman–Crippen LogP) is 1.23. The molecule has 1 unspecified atom stereocenters. The molecule has 13 heavy (non-hydrogen) atoms. The molecule has 0 spiro atoms. The summed E-state index contributed by atoms with van der Waals surface area (Å²) >= 11 is 0. The van der Waals surface area contributed by atoms with E-state index in [1.165, 1.54) is 12.3 Å². The van der Waals surface area contributed by atoms with Gasteiger partial charge in [-0.1, -0.05) is 6.58 Å². The summed E-state index contributed by atoms with van der Waals surface area (Å²) in [6, 6.07) is 0. The topological polar surface area (TPSA) is 47.3 Å². The Bertz CT molecular complexity index is 194. The maximum absolute atomic E-state index is 13.1. The molecule has 1 atom stereocenters. The van der Waals surface area contributed by atoms with Crippen LogP contribution in [0.1, 0.15) is 6.92 Å². The standard InChI is InChI=1S/C6H10F4N2O/c1-3-13-5(7,4(2)12-11)6(8,9)10/h12H,2-3,11H2,1H3. The van der Waals surface area contributed by atoms with Crippen molar-refractivity contribution in [1.82, 2.24) is 5.43 Å². The Morgan fingerprint density at radius 1 is 1.46 bits per heavy atom. The van der Waals surface area contributed by atoms with Crippen molar-refractivity contribution in [3.05, 3.63) is 12.3 Å². The van der Waals surface area contributed by atoms with Crippen molar-refractivity contribution in [3.63, 3.8) is 0 Å². The van der Waals surface area contributed by atoms with Crippen LogP contribution in [0, 0.1) is 0 Å². The van der Waals surface area contributed by atoms with E-state index in [4.69, 9.17) is 0 Å². The van der Waals surface area contributed by atoms with Gasteiger partial charge in [0.2, 0.25) is 0 Å². The van der Waals surface area contributed by atoms with Gasteiger partial charge in [-0.05, 0) is 6.92 Å². The molecule has 0 saturated heterocycles. The van der Waals surface area contributed by atoms with Crippen molar-refractivity contribution in [3.8, 4) is 0 Å². The fourth-order valence-corrected chi connectivity index (χ4v) is 0.632. The lowest BCUT2D eigenvalue weighted by molar-refractivity contribution is -0.314. The van der Waals surface area contributed by atoms with Crippen LogP contribution < -0.4 is 11.3 Å². The summed E-state index contributed by atoms with van der Waals surface area (Å²) in [4.78, 5) is 0. The van der Waals surface area contributed by atoms with E-state index in [9.17, 15) is 17.6 Å². The van der Waals surface area contributed by atoms with Crippen molar-refractivity contribution in [2.24, 2.45) is 5.84 Å². The first kappa shape index (κ1) is 12.2. The lowest BCUT2D eigenvalue weighted by Crippen LogP contribution is -2.50. The fourth-order valence-electron chi connectivity index (χ4n) is 0.632. The zero-order chi connectivity index (χ0) is 10.7. The van der Waals surface area contributed by atoms with E-state index < -0.39 is 24.3 Å². The van der Waals surface area contributed by atoms with Crippen LogP contribution in [0.5, 0.6) is 0 Å². The maximum atomic E-state index is 13.1. The number of ether oxygens (including phenoxy) is 1. The van der Waals surface area contributed by atoms with Gasteiger partial charge in [0.05, 0.1) is 5.70 Å². The summed E-state index contributed by atoms with van der Waals surface area (Å²) in [6.45, 7) is 3.55. The fraction of sp³-hybridized carbons (Fsp3) is 0.667. The van der Waals surface area contributed by atoms with Gasteiger partial charge in [-0.25, -0.2) is 0 Å². The van der Waals surface area contributed by atoms with Crippen LogP contribution in [0.2, 0.25) is 0 Å². The van der Waals surface area contributed by atoms with Gasteiger partial charge in [0.1, 0.15) is 0 Å². The third-order valence-electron chi connectivity index (χ3n) is 1.27. The molecule has 0 bridgehead atoms. The number of nitrogens with two attached hydrogens (primary N) is 1. The second-order valence-corrected chi connectivity index (χ2v) is 2.15. The average Bonchev–Trinajstić information content (AvgIpc) is 2.01. The minimum absolute atomic E-state index is 0.448. The first-order valence-corrected chi connectivity index (χ1v) is 3.35. The minimum atomic E-state index is -5.20. The highest BCUT2D eigenvalue weighted by atomic mass is 19.4. The van der Waals surface area contributed by atoms with Gasteiger partial charge in [-0.3, -0.25) is 5.84 Å². The number of alkyl halides is 4. The first-order valence-electron chi connectivity index (χ1n) is 3.35. The van der Waals surface area contributed by atoms with E-state index >= 15 is 0 Å². The van der Waals surface area contributed by atoms with Crippen LogP contribution in [0.3, 0.4) is 0 Å². The SMILES string of the molecule is C=C(NN)C(F)(OCC)C(F)(F)F. The lowest BCUT2D eigenvalue weighted by Gasteiger charge is -2.28. The van der Waals surface area contributed by atoms with Gasteiger partial charge in [0, 0.05) is 6.61 Å². The molecule has 0 heterocycles. The molecule has 0 aliphatic heterocycles. The van der Waals surface area contributed by atoms with E-state index in [1.54, 1.807) is 0 Å². The molecule has 0 saturated carbocycles. The van der Waals surface area contributed by atoms with E-state index in [-0.39, 0.29) is 0 Å². The highest BCUT2D eigenvalue weighted by molar-refractivity contribution is 5.08. The number of halogens is 4. The zero-order valence-electron chi connectivity index (χ0n) is 6.91. The Kier molecular flexibility index (Phi) is 3.68. The van der Waals surface area contributed by atoms with Crippen molar-refractivity contribution in [2.45, 2.75) is 19.0 Å². The number of hydrazine groups is 1. The van der Waals surface area contributed by atoms with Crippen LogP contribution in [0.25, 0.3) is 0 Å². The normalized spacial score (nSPS) is 16.5. The molecule has 0 radical (unpaired) electrons. The Morgan fingerprint density at radius 2 is 1.92 bits per heavy atom. The number of rotatable bonds is 4. The second kappa shape index (κ2) is 3.93. The molecule has 3 N–H and O–H groups in total. The molecule has 0 aromatic carbocycles. The minimum Gasteiger partial charge on any atom is -0.334 e. The largest absolute Gasteiger partial charge is 0.454 e. The molecule has 3 nitrogen and oxygen atoms in total. The Labute approximate surface area is 72.5 Å². The van der Waals surface area contributed by atoms with Crippen LogP contribution >= 0.6 is 0 Å². The quantitative estimate of drug-likeness (QED) is 0.409. The van der Waals surface area contributed by atoms with Crippen LogP contribution in [0.4, 0.5) is 17.6 Å². The van der Waals surface area contributed by atoms with Crippen LogP contribution in [-0.2, 0) is 4.74 Å². The predicted molar refractivity (Wildman–Crippen MR) is 38.0 cm³/mol. The molecular weight excluding hydrogens is 192 g/mol. The molecule has 78 valence electrons. The molecule has 0 fully saturated rings. The first-order chi connectivity index (χ1) is 5.79. The summed E-state index contributed by atoms with van der Waals surface area (Å²) in [5.74, 6) is 0.682. The molecule has 0 rings (SSSR count). The second-order valence-electron chi connectivity index (χ2n) is 2.15. The molecule has 7 heteroatoms. The summed E-state index contributed by atoms with van der Waals surface area (Å²) in [5, 5.41) is 0. The van der Waals surface area contributed by atoms with Crippen molar-refractivity contribution < 1.29 is 22.3 Å². The highest BCUT2D eigenvalue weighted by Crippen LogP contribution is 2.38. The van der Waals surface area contributed by atoms with Crippen LogP contribution in [0.15, 0.2) is 12.3 Å². The molecule has 0 amide bonds. The van der Waals surface area contributed by atoms with E-state index in [0.29, 0.717) is 0 Å². The summed E-state index contributed by atoms with van der Waals surface area (Å²) in [7, 11) is 0. The monoisotopic (exact) mass is 202 g/mol. The summed E-state index contributed by atoms with van der Waals surface area (Å²) < 4.78 is 53.2. The van der Waals surface area contributed by atoms with Gasteiger partial charge in [0.15, 0.2) is 0 Å². The highest BCUT2D eigenvalue weighted by Gasteiger charge is 2.59. The van der Waals surface area contributed by atoms with Crippen molar-refractivity contribution in [1.29, 1.82) is 0 Å². The molecule has 0 aromatic rings. The van der Waals surface area contributed by atoms with Crippen molar-refractivity contribution in [2.75, 3.05) is 6.61 Å². The summed E-state index contributed by atoms with van der Waals surface area (Å²) in [6.07, 6.45) is -5.20. The van der Waals surface area contributed by atoms with E-state index in [2.05, 4.69) is 17.2 Å². The van der Waals surface area contributed by atoms with Crippen LogP contribution in [-0.4, -0.2) is 18.6 Å². The van der Waals surface area contributed by atoms with Gasteiger partial charge in [-0.15, -0.1) is 0 Å². The smallest absolute Gasteiger partial charge is 0.334 e. The Morgan fingerprint density at radius 3 is 2.15 bits per heavy atom. The Balaban J connectivity index is 4.83. The van der Waals surface area contributed by atoms with Gasteiger partial charge < -0.3 is 10.2 Å². The third kappa shape index (κ3) is 2.31. The zero-order valence-corrected chi connectivity index (χ0v) is 6.91. The van der Waals surface area contributed by atoms with Gasteiger partial charge in [0.25, 0.3) is 0 Å². The van der Waals surface area contributed by atoms with E-state index in [0.717, 1.165) is 0 Å². The third-order valence-corrected chi connectivity index (χ3v) is 1.27. The maximum Gasteiger partial charge on any atom is 0.454 e. The average molecular weight is 202 g/mol. The number of hydrogen-bond donors (Lipinski definition) is 2. The Hall–Kier alpha value is -0.820.